The first-order valence-corrected chi connectivity index (χ1v) is 6.12. The maximum absolute atomic E-state index is 10.6. The molecule has 2 aromatic carbocycles. The van der Waals surface area contributed by atoms with Crippen LogP contribution in [0, 0.1) is 21.4 Å². The van der Waals surface area contributed by atoms with Crippen LogP contribution >= 0.6 is 0 Å². The molecule has 0 aromatic heterocycles. The molecule has 0 saturated heterocycles. The third-order valence-corrected chi connectivity index (χ3v) is 3.02. The predicted molar refractivity (Wildman–Crippen MR) is 76.3 cm³/mol. The topological polar surface area (TPSA) is 79.0 Å². The van der Waals surface area contributed by atoms with Gasteiger partial charge in [-0.25, -0.2) is 0 Å². The Morgan fingerprint density at radius 3 is 2.45 bits per heavy atom. The summed E-state index contributed by atoms with van der Waals surface area (Å²) in [5, 5.41) is 22.9. The highest BCUT2D eigenvalue weighted by Crippen LogP contribution is 2.23. The number of hydrogen-bond donors (Lipinski definition) is 1. The fourth-order valence-corrected chi connectivity index (χ4v) is 1.91. The number of nitrogens with zero attached hydrogens (tertiary/aromatic N) is 2. The molecule has 0 spiro atoms. The minimum atomic E-state index is -0.424. The summed E-state index contributed by atoms with van der Waals surface area (Å²) in [6.07, 6.45) is 0. The van der Waals surface area contributed by atoms with E-state index < -0.39 is 4.92 Å². The van der Waals surface area contributed by atoms with E-state index in [1.165, 1.54) is 12.1 Å². The van der Waals surface area contributed by atoms with Gasteiger partial charge < -0.3 is 5.32 Å². The van der Waals surface area contributed by atoms with Gasteiger partial charge in [0.2, 0.25) is 0 Å². The number of anilines is 1. The molecule has 1 atom stereocenters. The summed E-state index contributed by atoms with van der Waals surface area (Å²) in [7, 11) is 0. The molecular formula is C15H13N3O2. The van der Waals surface area contributed by atoms with Crippen LogP contribution in [0.25, 0.3) is 0 Å². The molecule has 0 aliphatic carbocycles. The van der Waals surface area contributed by atoms with E-state index in [-0.39, 0.29) is 11.7 Å². The maximum Gasteiger partial charge on any atom is 0.269 e. The highest BCUT2D eigenvalue weighted by Gasteiger charge is 2.10. The number of rotatable bonds is 4. The van der Waals surface area contributed by atoms with Crippen molar-refractivity contribution in [3.63, 3.8) is 0 Å². The van der Waals surface area contributed by atoms with Gasteiger partial charge in [0.1, 0.15) is 6.07 Å². The van der Waals surface area contributed by atoms with Gasteiger partial charge in [-0.1, -0.05) is 24.3 Å². The van der Waals surface area contributed by atoms with E-state index in [4.69, 9.17) is 5.26 Å². The Morgan fingerprint density at radius 1 is 1.20 bits per heavy atom. The predicted octanol–water partition coefficient (Wildman–Crippen LogP) is 3.64. The summed E-state index contributed by atoms with van der Waals surface area (Å²) in [5.41, 5.74) is 2.31. The van der Waals surface area contributed by atoms with Crippen molar-refractivity contribution in [3.8, 4) is 6.07 Å². The smallest absolute Gasteiger partial charge is 0.269 e. The third-order valence-electron chi connectivity index (χ3n) is 3.02. The first kappa shape index (κ1) is 13.6. The highest BCUT2D eigenvalue weighted by molar-refractivity contribution is 5.58. The Hall–Kier alpha value is -2.87. The molecule has 0 heterocycles. The minimum absolute atomic E-state index is 0.0506. The molecule has 0 aliphatic heterocycles. The Bertz CT molecular complexity index is 660. The molecule has 0 saturated carbocycles. The zero-order valence-corrected chi connectivity index (χ0v) is 10.9. The van der Waals surface area contributed by atoms with Crippen LogP contribution in [0.4, 0.5) is 11.4 Å². The quantitative estimate of drug-likeness (QED) is 0.677. The number of para-hydroxylation sites is 1. The van der Waals surface area contributed by atoms with Gasteiger partial charge in [0, 0.05) is 18.2 Å². The van der Waals surface area contributed by atoms with Crippen molar-refractivity contribution < 1.29 is 4.92 Å². The van der Waals surface area contributed by atoms with Crippen molar-refractivity contribution in [1.29, 1.82) is 5.26 Å². The first-order valence-electron chi connectivity index (χ1n) is 6.12. The van der Waals surface area contributed by atoms with Crippen LogP contribution in [0.2, 0.25) is 0 Å². The van der Waals surface area contributed by atoms with Crippen LogP contribution in [0.1, 0.15) is 24.1 Å². The number of nitrogens with one attached hydrogen (secondary N) is 1. The molecule has 5 nitrogen and oxygen atoms in total. The molecule has 2 rings (SSSR count). The van der Waals surface area contributed by atoms with Gasteiger partial charge >= 0.3 is 0 Å². The van der Waals surface area contributed by atoms with Gasteiger partial charge in [-0.2, -0.15) is 5.26 Å². The number of benzene rings is 2. The van der Waals surface area contributed by atoms with Gasteiger partial charge in [0.15, 0.2) is 0 Å². The molecule has 0 bridgehead atoms. The van der Waals surface area contributed by atoms with Crippen molar-refractivity contribution in [2.24, 2.45) is 0 Å². The van der Waals surface area contributed by atoms with Crippen LogP contribution < -0.4 is 5.32 Å². The fourth-order valence-electron chi connectivity index (χ4n) is 1.91. The number of hydrogen-bond acceptors (Lipinski definition) is 4. The van der Waals surface area contributed by atoms with E-state index >= 15 is 0 Å². The summed E-state index contributed by atoms with van der Waals surface area (Å²) in [4.78, 5) is 10.2. The largest absolute Gasteiger partial charge is 0.377 e. The Morgan fingerprint density at radius 2 is 1.85 bits per heavy atom. The van der Waals surface area contributed by atoms with Crippen LogP contribution in [-0.2, 0) is 0 Å². The highest BCUT2D eigenvalue weighted by atomic mass is 16.6. The molecule has 5 heteroatoms. The fraction of sp³-hybridized carbons (Fsp3) is 0.133. The Balaban J connectivity index is 2.18. The zero-order chi connectivity index (χ0) is 14.5. The number of non-ortho nitro benzene ring substituents is 1. The molecule has 1 N–H and O–H groups in total. The molecule has 20 heavy (non-hydrogen) atoms. The summed E-state index contributed by atoms with van der Waals surface area (Å²) in [6, 6.07) is 15.7. The van der Waals surface area contributed by atoms with Gasteiger partial charge in [-0.3, -0.25) is 10.1 Å². The van der Waals surface area contributed by atoms with E-state index in [1.807, 2.05) is 19.1 Å². The summed E-state index contributed by atoms with van der Waals surface area (Å²) >= 11 is 0. The van der Waals surface area contributed by atoms with Crippen molar-refractivity contribution in [2.45, 2.75) is 13.0 Å². The molecule has 0 amide bonds. The summed E-state index contributed by atoms with van der Waals surface area (Å²) in [6.45, 7) is 1.94. The normalized spacial score (nSPS) is 11.4. The van der Waals surface area contributed by atoms with Crippen LogP contribution in [-0.4, -0.2) is 4.92 Å². The molecule has 1 unspecified atom stereocenters. The molecule has 100 valence electrons. The third kappa shape index (κ3) is 2.93. The van der Waals surface area contributed by atoms with E-state index in [9.17, 15) is 10.1 Å². The molecular weight excluding hydrogens is 254 g/mol. The lowest BCUT2D eigenvalue weighted by molar-refractivity contribution is -0.384. The van der Waals surface area contributed by atoms with Crippen molar-refractivity contribution in [3.05, 3.63) is 69.8 Å². The van der Waals surface area contributed by atoms with E-state index in [2.05, 4.69) is 11.4 Å². The minimum Gasteiger partial charge on any atom is -0.377 e. The van der Waals surface area contributed by atoms with Crippen LogP contribution in [0.3, 0.4) is 0 Å². The van der Waals surface area contributed by atoms with Gasteiger partial charge in [0.05, 0.1) is 16.2 Å². The number of nitro groups is 1. The maximum atomic E-state index is 10.6. The Kier molecular flexibility index (Phi) is 3.96. The number of nitriles is 1. The van der Waals surface area contributed by atoms with Crippen molar-refractivity contribution in [2.75, 3.05) is 5.32 Å². The molecule has 2 aromatic rings. The average molecular weight is 267 g/mol. The molecule has 0 fully saturated rings. The van der Waals surface area contributed by atoms with Crippen molar-refractivity contribution >= 4 is 11.4 Å². The second-order valence-electron chi connectivity index (χ2n) is 4.37. The molecule has 0 radical (unpaired) electrons. The van der Waals surface area contributed by atoms with Gasteiger partial charge in [-0.15, -0.1) is 0 Å². The SMILES string of the molecule is CC(Nc1ccccc1C#N)c1ccc([N+](=O)[O-])cc1. The van der Waals surface area contributed by atoms with E-state index in [0.717, 1.165) is 11.3 Å². The van der Waals surface area contributed by atoms with Gasteiger partial charge in [0.25, 0.3) is 5.69 Å². The van der Waals surface area contributed by atoms with Crippen LogP contribution in [0.15, 0.2) is 48.5 Å². The van der Waals surface area contributed by atoms with Crippen LogP contribution in [0.5, 0.6) is 0 Å². The zero-order valence-electron chi connectivity index (χ0n) is 10.9. The first-order chi connectivity index (χ1) is 9.61. The standard InChI is InChI=1S/C15H13N3O2/c1-11(12-6-8-14(9-7-12)18(19)20)17-15-5-3-2-4-13(15)10-16/h2-9,11,17H,1H3. The summed E-state index contributed by atoms with van der Waals surface area (Å²) in [5.74, 6) is 0. The molecule has 0 aliphatic rings. The second kappa shape index (κ2) is 5.85. The number of nitro benzene ring substituents is 1. The lowest BCUT2D eigenvalue weighted by Crippen LogP contribution is -2.07. The average Bonchev–Trinajstić information content (AvgIpc) is 2.48. The summed E-state index contributed by atoms with van der Waals surface area (Å²) < 4.78 is 0. The Labute approximate surface area is 116 Å². The van der Waals surface area contributed by atoms with Gasteiger partial charge in [-0.05, 0) is 24.6 Å². The monoisotopic (exact) mass is 267 g/mol. The lowest BCUT2D eigenvalue weighted by Gasteiger charge is -2.16. The van der Waals surface area contributed by atoms with E-state index in [0.29, 0.717) is 5.56 Å². The van der Waals surface area contributed by atoms with E-state index in [1.54, 1.807) is 24.3 Å². The second-order valence-corrected chi connectivity index (χ2v) is 4.37. The van der Waals surface area contributed by atoms with Crippen molar-refractivity contribution in [1.82, 2.24) is 0 Å². The lowest BCUT2D eigenvalue weighted by atomic mass is 10.1.